The van der Waals surface area contributed by atoms with E-state index < -0.39 is 10.0 Å². The molecule has 2 aromatic rings. The van der Waals surface area contributed by atoms with Gasteiger partial charge >= 0.3 is 0 Å². The molecule has 1 aliphatic heterocycles. The molecule has 0 bridgehead atoms. The molecule has 5 nitrogen and oxygen atoms in total. The third-order valence-corrected chi connectivity index (χ3v) is 5.13. The summed E-state index contributed by atoms with van der Waals surface area (Å²) < 4.78 is 24.6. The molecule has 0 unspecified atom stereocenters. The van der Waals surface area contributed by atoms with E-state index in [2.05, 4.69) is 9.97 Å². The largest absolute Gasteiger partial charge is 0.360 e. The molecule has 3 rings (SSSR count). The summed E-state index contributed by atoms with van der Waals surface area (Å²) in [4.78, 5) is 7.65. The summed E-state index contributed by atoms with van der Waals surface area (Å²) in [6.45, 7) is 1.20. The molecule has 6 heteroatoms. The first-order valence-corrected chi connectivity index (χ1v) is 8.27. The van der Waals surface area contributed by atoms with Gasteiger partial charge in [0.15, 0.2) is 0 Å². The van der Waals surface area contributed by atoms with Gasteiger partial charge in [-0.2, -0.15) is 0 Å². The van der Waals surface area contributed by atoms with Crippen LogP contribution in [0.4, 0.5) is 0 Å². The van der Waals surface area contributed by atoms with Crippen molar-refractivity contribution in [3.63, 3.8) is 0 Å². The van der Waals surface area contributed by atoms with Crippen molar-refractivity contribution in [1.29, 1.82) is 0 Å². The number of aromatic amines is 1. The minimum Gasteiger partial charge on any atom is -0.360 e. The summed E-state index contributed by atoms with van der Waals surface area (Å²) in [5, 5.41) is 0. The van der Waals surface area contributed by atoms with Crippen molar-refractivity contribution in [2.45, 2.75) is 18.8 Å². The Hall–Kier alpha value is -1.40. The molecule has 0 aromatic carbocycles. The van der Waals surface area contributed by atoms with Crippen LogP contribution in [0.25, 0.3) is 11.0 Å². The van der Waals surface area contributed by atoms with Crippen LogP contribution in [0.15, 0.2) is 24.5 Å². The van der Waals surface area contributed by atoms with Crippen molar-refractivity contribution >= 4 is 21.1 Å². The van der Waals surface area contributed by atoms with Crippen LogP contribution >= 0.6 is 0 Å². The summed E-state index contributed by atoms with van der Waals surface area (Å²) in [6, 6.07) is 3.92. The van der Waals surface area contributed by atoms with Gasteiger partial charge in [0.25, 0.3) is 0 Å². The Bertz CT molecular complexity index is 685. The maximum Gasteiger partial charge on any atom is 0.211 e. The number of fused-ring (bicyclic) bond motifs is 1. The van der Waals surface area contributed by atoms with Crippen molar-refractivity contribution in [3.05, 3.63) is 30.1 Å². The Morgan fingerprint density at radius 2 is 2.11 bits per heavy atom. The van der Waals surface area contributed by atoms with E-state index in [1.165, 1.54) is 11.8 Å². The van der Waals surface area contributed by atoms with E-state index in [-0.39, 0.29) is 0 Å². The quantitative estimate of drug-likeness (QED) is 0.910. The number of H-pyrrole nitrogens is 1. The van der Waals surface area contributed by atoms with Gasteiger partial charge in [-0.25, -0.2) is 12.7 Å². The number of rotatable bonds is 2. The van der Waals surface area contributed by atoms with Gasteiger partial charge in [0.2, 0.25) is 10.0 Å². The van der Waals surface area contributed by atoms with Gasteiger partial charge in [0.05, 0.1) is 17.3 Å². The van der Waals surface area contributed by atoms with Crippen LogP contribution in [-0.2, 0) is 10.0 Å². The number of hydrogen-bond acceptors (Lipinski definition) is 3. The van der Waals surface area contributed by atoms with Gasteiger partial charge in [0.1, 0.15) is 0 Å². The van der Waals surface area contributed by atoms with Gasteiger partial charge in [-0.05, 0) is 36.5 Å². The lowest BCUT2D eigenvalue weighted by Gasteiger charge is -2.29. The first-order valence-electron chi connectivity index (χ1n) is 6.43. The number of nitrogens with zero attached hydrogens (tertiary/aromatic N) is 2. The second-order valence-corrected chi connectivity index (χ2v) is 7.06. The predicted molar refractivity (Wildman–Crippen MR) is 74.5 cm³/mol. The fourth-order valence-electron chi connectivity index (χ4n) is 2.79. The maximum atomic E-state index is 11.5. The predicted octanol–water partition coefficient (Wildman–Crippen LogP) is 1.70. The number of aromatic nitrogens is 2. The van der Waals surface area contributed by atoms with Crippen LogP contribution in [0.5, 0.6) is 0 Å². The van der Waals surface area contributed by atoms with E-state index in [1.54, 1.807) is 10.5 Å². The summed E-state index contributed by atoms with van der Waals surface area (Å²) >= 11 is 0. The molecule has 1 fully saturated rings. The molecule has 1 aliphatic rings. The fraction of sp³-hybridized carbons (Fsp3) is 0.462. The first-order chi connectivity index (χ1) is 9.05. The number of nitrogens with one attached hydrogen (secondary N) is 1. The van der Waals surface area contributed by atoms with E-state index in [1.807, 2.05) is 18.3 Å². The van der Waals surface area contributed by atoms with Gasteiger partial charge in [-0.1, -0.05) is 0 Å². The average molecular weight is 279 g/mol. The van der Waals surface area contributed by atoms with E-state index in [4.69, 9.17) is 0 Å². The van der Waals surface area contributed by atoms with Crippen LogP contribution < -0.4 is 0 Å². The molecule has 0 saturated carbocycles. The summed E-state index contributed by atoms with van der Waals surface area (Å²) in [7, 11) is -3.05. The second-order valence-electron chi connectivity index (χ2n) is 5.08. The smallest absolute Gasteiger partial charge is 0.211 e. The van der Waals surface area contributed by atoms with Gasteiger partial charge < -0.3 is 4.98 Å². The van der Waals surface area contributed by atoms with Crippen molar-refractivity contribution in [2.75, 3.05) is 19.3 Å². The lowest BCUT2D eigenvalue weighted by molar-refractivity contribution is 0.322. The Morgan fingerprint density at radius 1 is 1.37 bits per heavy atom. The highest BCUT2D eigenvalue weighted by molar-refractivity contribution is 7.88. The molecular formula is C13H17N3O2S. The fourth-order valence-corrected chi connectivity index (χ4v) is 3.66. The Kier molecular flexibility index (Phi) is 3.06. The molecule has 0 aliphatic carbocycles. The lowest BCUT2D eigenvalue weighted by atomic mass is 9.91. The van der Waals surface area contributed by atoms with Crippen molar-refractivity contribution in [1.82, 2.24) is 14.3 Å². The molecule has 19 heavy (non-hydrogen) atoms. The van der Waals surface area contributed by atoms with Crippen molar-refractivity contribution in [2.24, 2.45) is 0 Å². The standard InChI is InChI=1S/C13H17N3O2S/c1-19(17,18)16-7-4-10(5-8-16)11-9-15-12-3-2-6-14-13(11)12/h2-3,6,9-10,15H,4-5,7-8H2,1H3. The Balaban J connectivity index is 1.82. The average Bonchev–Trinajstić information content (AvgIpc) is 2.82. The summed E-state index contributed by atoms with van der Waals surface area (Å²) in [5.41, 5.74) is 3.27. The highest BCUT2D eigenvalue weighted by atomic mass is 32.2. The van der Waals surface area contributed by atoms with Crippen LogP contribution in [0.1, 0.15) is 24.3 Å². The molecule has 2 aromatic heterocycles. The van der Waals surface area contributed by atoms with Crippen LogP contribution in [-0.4, -0.2) is 42.0 Å². The number of pyridine rings is 1. The van der Waals surface area contributed by atoms with E-state index in [9.17, 15) is 8.42 Å². The molecule has 0 amide bonds. The van der Waals surface area contributed by atoms with E-state index in [0.29, 0.717) is 19.0 Å². The minimum absolute atomic E-state index is 0.390. The molecule has 102 valence electrons. The molecule has 1 saturated heterocycles. The third-order valence-electron chi connectivity index (χ3n) is 3.83. The zero-order valence-electron chi connectivity index (χ0n) is 10.8. The first kappa shape index (κ1) is 12.6. The highest BCUT2D eigenvalue weighted by Gasteiger charge is 2.27. The zero-order valence-corrected chi connectivity index (χ0v) is 11.7. The Labute approximate surface area is 112 Å². The summed E-state index contributed by atoms with van der Waals surface area (Å²) in [6.07, 6.45) is 6.80. The normalized spacial score (nSPS) is 19.0. The minimum atomic E-state index is -3.05. The van der Waals surface area contributed by atoms with Crippen molar-refractivity contribution < 1.29 is 8.42 Å². The van der Waals surface area contributed by atoms with Crippen LogP contribution in [0.2, 0.25) is 0 Å². The third kappa shape index (κ3) is 2.37. The van der Waals surface area contributed by atoms with E-state index in [0.717, 1.165) is 23.9 Å². The molecular weight excluding hydrogens is 262 g/mol. The van der Waals surface area contributed by atoms with Gasteiger partial charge in [0, 0.05) is 25.5 Å². The SMILES string of the molecule is CS(=O)(=O)N1CCC(c2c[nH]c3cccnc23)CC1. The molecule has 0 radical (unpaired) electrons. The Morgan fingerprint density at radius 3 is 2.79 bits per heavy atom. The highest BCUT2D eigenvalue weighted by Crippen LogP contribution is 2.32. The van der Waals surface area contributed by atoms with Gasteiger partial charge in [-0.3, -0.25) is 4.98 Å². The number of sulfonamides is 1. The van der Waals surface area contributed by atoms with Gasteiger partial charge in [-0.15, -0.1) is 0 Å². The molecule has 1 N–H and O–H groups in total. The van der Waals surface area contributed by atoms with Crippen molar-refractivity contribution in [3.8, 4) is 0 Å². The number of hydrogen-bond donors (Lipinski definition) is 1. The molecule has 0 atom stereocenters. The lowest BCUT2D eigenvalue weighted by Crippen LogP contribution is -2.37. The second kappa shape index (κ2) is 4.61. The van der Waals surface area contributed by atoms with E-state index >= 15 is 0 Å². The zero-order chi connectivity index (χ0) is 13.5. The maximum absolute atomic E-state index is 11.5. The molecule has 3 heterocycles. The molecule has 0 spiro atoms. The number of piperidine rings is 1. The topological polar surface area (TPSA) is 66.1 Å². The van der Waals surface area contributed by atoms with Crippen LogP contribution in [0, 0.1) is 0 Å². The summed E-state index contributed by atoms with van der Waals surface area (Å²) in [5.74, 6) is 0.390. The monoisotopic (exact) mass is 279 g/mol. The van der Waals surface area contributed by atoms with Crippen LogP contribution in [0.3, 0.4) is 0 Å².